The summed E-state index contributed by atoms with van der Waals surface area (Å²) in [5.41, 5.74) is 1.86. The molecule has 1 heterocycles. The van der Waals surface area contributed by atoms with Gasteiger partial charge in [0.25, 0.3) is 0 Å². The van der Waals surface area contributed by atoms with Crippen molar-refractivity contribution in [3.05, 3.63) is 63.9 Å². The summed E-state index contributed by atoms with van der Waals surface area (Å²) in [4.78, 5) is 0.274. The molecule has 0 saturated carbocycles. The van der Waals surface area contributed by atoms with Crippen LogP contribution in [0.1, 0.15) is 25.0 Å². The van der Waals surface area contributed by atoms with Crippen LogP contribution in [-0.4, -0.2) is 14.4 Å². The van der Waals surface area contributed by atoms with Gasteiger partial charge in [-0.05, 0) is 49.7 Å². The Morgan fingerprint density at radius 3 is 2.43 bits per heavy atom. The second-order valence-electron chi connectivity index (χ2n) is 5.72. The summed E-state index contributed by atoms with van der Waals surface area (Å²) in [6.45, 7) is 3.79. The minimum absolute atomic E-state index is 0.274. The number of halogens is 2. The van der Waals surface area contributed by atoms with Gasteiger partial charge in [0, 0.05) is 15.6 Å². The van der Waals surface area contributed by atoms with Crippen LogP contribution < -0.4 is 4.74 Å². The topological polar surface area (TPSA) is 46.5 Å². The van der Waals surface area contributed by atoms with Gasteiger partial charge in [0.1, 0.15) is 17.2 Å². The standard InChI is InChI=1S/C17H14BrFO3S/c1-17(2)16(18)15(10-3-5-11(19)6-4-10)13-8-7-12(23(20)21)9-14(13)22-17/h3-9H,1-2H3,(H,20,21). The number of rotatable bonds is 2. The minimum Gasteiger partial charge on any atom is -0.482 e. The molecule has 1 N–H and O–H groups in total. The molecule has 1 atom stereocenters. The van der Waals surface area contributed by atoms with E-state index >= 15 is 0 Å². The van der Waals surface area contributed by atoms with Crippen LogP contribution in [0.25, 0.3) is 5.57 Å². The van der Waals surface area contributed by atoms with E-state index in [1.807, 2.05) is 13.8 Å². The van der Waals surface area contributed by atoms with Gasteiger partial charge in [0.2, 0.25) is 0 Å². The molecule has 3 nitrogen and oxygen atoms in total. The molecule has 3 rings (SSSR count). The van der Waals surface area contributed by atoms with E-state index in [2.05, 4.69) is 15.9 Å². The van der Waals surface area contributed by atoms with Crippen LogP contribution in [0.15, 0.2) is 51.8 Å². The highest BCUT2D eigenvalue weighted by Gasteiger charge is 2.34. The summed E-state index contributed by atoms with van der Waals surface area (Å²) in [6, 6.07) is 11.1. The predicted octanol–water partition coefficient (Wildman–Crippen LogP) is 4.73. The minimum atomic E-state index is -2.08. The molecule has 2 aromatic rings. The van der Waals surface area contributed by atoms with Gasteiger partial charge >= 0.3 is 0 Å². The Labute approximate surface area is 144 Å². The number of fused-ring (bicyclic) bond motifs is 1. The third kappa shape index (κ3) is 2.98. The highest BCUT2D eigenvalue weighted by atomic mass is 79.9. The van der Waals surface area contributed by atoms with E-state index in [0.717, 1.165) is 21.2 Å². The van der Waals surface area contributed by atoms with Gasteiger partial charge in [-0.15, -0.1) is 0 Å². The van der Waals surface area contributed by atoms with Crippen molar-refractivity contribution in [2.75, 3.05) is 0 Å². The van der Waals surface area contributed by atoms with Crippen LogP contribution in [0.4, 0.5) is 4.39 Å². The first-order valence-corrected chi connectivity index (χ1v) is 8.80. The smallest absolute Gasteiger partial charge is 0.186 e. The van der Waals surface area contributed by atoms with Crippen LogP contribution in [0.5, 0.6) is 5.75 Å². The Bertz CT molecular complexity index is 828. The van der Waals surface area contributed by atoms with Crippen molar-refractivity contribution in [3.63, 3.8) is 0 Å². The van der Waals surface area contributed by atoms with Gasteiger partial charge < -0.3 is 9.29 Å². The lowest BCUT2D eigenvalue weighted by Crippen LogP contribution is -2.32. The highest BCUT2D eigenvalue weighted by Crippen LogP contribution is 2.46. The van der Waals surface area contributed by atoms with Crippen LogP contribution in [0, 0.1) is 5.82 Å². The van der Waals surface area contributed by atoms with Gasteiger partial charge in [0.15, 0.2) is 11.1 Å². The van der Waals surface area contributed by atoms with Crippen molar-refractivity contribution in [1.82, 2.24) is 0 Å². The number of benzene rings is 2. The molecule has 1 aliphatic rings. The lowest BCUT2D eigenvalue weighted by molar-refractivity contribution is 0.154. The number of hydrogen-bond acceptors (Lipinski definition) is 2. The normalized spacial score (nSPS) is 17.4. The van der Waals surface area contributed by atoms with E-state index in [9.17, 15) is 13.2 Å². The van der Waals surface area contributed by atoms with Crippen LogP contribution in [0.3, 0.4) is 0 Å². The molecule has 0 radical (unpaired) electrons. The average Bonchev–Trinajstić information content (AvgIpc) is 2.49. The van der Waals surface area contributed by atoms with Crippen LogP contribution in [-0.2, 0) is 11.1 Å². The fourth-order valence-electron chi connectivity index (χ4n) is 2.54. The quantitative estimate of drug-likeness (QED) is 0.746. The van der Waals surface area contributed by atoms with Gasteiger partial charge in [-0.3, -0.25) is 0 Å². The maximum atomic E-state index is 13.2. The van der Waals surface area contributed by atoms with Crippen molar-refractivity contribution in [2.24, 2.45) is 0 Å². The summed E-state index contributed by atoms with van der Waals surface area (Å²) in [5.74, 6) is 0.223. The van der Waals surface area contributed by atoms with E-state index in [-0.39, 0.29) is 10.7 Å². The van der Waals surface area contributed by atoms with Crippen molar-refractivity contribution < 1.29 is 17.9 Å². The second-order valence-corrected chi connectivity index (χ2v) is 7.48. The Morgan fingerprint density at radius 2 is 1.83 bits per heavy atom. The summed E-state index contributed by atoms with van der Waals surface area (Å²) >= 11 is 1.52. The first-order valence-electron chi connectivity index (χ1n) is 6.90. The molecule has 0 fully saturated rings. The largest absolute Gasteiger partial charge is 0.482 e. The molecule has 0 saturated heterocycles. The Hall–Kier alpha value is -1.50. The average molecular weight is 397 g/mol. The van der Waals surface area contributed by atoms with E-state index in [1.165, 1.54) is 12.1 Å². The Balaban J connectivity index is 2.24. The monoisotopic (exact) mass is 396 g/mol. The summed E-state index contributed by atoms with van der Waals surface area (Å²) < 4.78 is 40.6. The SMILES string of the molecule is CC1(C)Oc2cc(S(=O)O)ccc2C(c2ccc(F)cc2)=C1Br. The predicted molar refractivity (Wildman–Crippen MR) is 91.5 cm³/mol. The third-order valence-electron chi connectivity index (χ3n) is 3.67. The summed E-state index contributed by atoms with van der Waals surface area (Å²) in [6.07, 6.45) is 0. The maximum Gasteiger partial charge on any atom is 0.186 e. The molecule has 0 spiro atoms. The Morgan fingerprint density at radius 1 is 1.17 bits per heavy atom. The van der Waals surface area contributed by atoms with Gasteiger partial charge in [-0.2, -0.15) is 0 Å². The second kappa shape index (κ2) is 5.85. The molecule has 6 heteroatoms. The zero-order valence-corrected chi connectivity index (χ0v) is 14.9. The van der Waals surface area contributed by atoms with Crippen molar-refractivity contribution in [3.8, 4) is 5.75 Å². The summed E-state index contributed by atoms with van der Waals surface area (Å²) in [7, 11) is 0. The first kappa shape index (κ1) is 16.4. The van der Waals surface area contributed by atoms with Crippen molar-refractivity contribution in [1.29, 1.82) is 0 Å². The molecule has 0 aromatic heterocycles. The summed E-state index contributed by atoms with van der Waals surface area (Å²) in [5, 5.41) is 0. The van der Waals surface area contributed by atoms with E-state index in [1.54, 1.807) is 30.3 Å². The Kier molecular flexibility index (Phi) is 4.16. The lowest BCUT2D eigenvalue weighted by Gasteiger charge is -2.35. The zero-order valence-electron chi connectivity index (χ0n) is 12.5. The van der Waals surface area contributed by atoms with Crippen LogP contribution in [0.2, 0.25) is 0 Å². The van der Waals surface area contributed by atoms with Crippen molar-refractivity contribution in [2.45, 2.75) is 24.3 Å². The fraction of sp³-hybridized carbons (Fsp3) is 0.176. The number of hydrogen-bond donors (Lipinski definition) is 1. The molecule has 0 amide bonds. The molecular weight excluding hydrogens is 383 g/mol. The van der Waals surface area contributed by atoms with E-state index in [0.29, 0.717) is 5.75 Å². The van der Waals surface area contributed by atoms with Gasteiger partial charge in [0.05, 0.1) is 4.90 Å². The van der Waals surface area contributed by atoms with Gasteiger partial charge in [-0.25, -0.2) is 8.60 Å². The van der Waals surface area contributed by atoms with Crippen molar-refractivity contribution >= 4 is 32.6 Å². The van der Waals surface area contributed by atoms with E-state index < -0.39 is 16.7 Å². The maximum absolute atomic E-state index is 13.2. The van der Waals surface area contributed by atoms with Crippen LogP contribution >= 0.6 is 15.9 Å². The highest BCUT2D eigenvalue weighted by molar-refractivity contribution is 9.12. The molecule has 0 bridgehead atoms. The first-order chi connectivity index (χ1) is 10.8. The molecule has 1 unspecified atom stereocenters. The van der Waals surface area contributed by atoms with Gasteiger partial charge in [-0.1, -0.05) is 28.1 Å². The zero-order chi connectivity index (χ0) is 16.8. The molecule has 2 aromatic carbocycles. The van der Waals surface area contributed by atoms with E-state index in [4.69, 9.17) is 4.74 Å². The lowest BCUT2D eigenvalue weighted by atomic mass is 9.90. The molecule has 120 valence electrons. The fourth-order valence-corrected chi connectivity index (χ4v) is 3.46. The molecule has 23 heavy (non-hydrogen) atoms. The molecule has 1 aliphatic heterocycles. The third-order valence-corrected chi connectivity index (χ3v) is 5.68. The number of ether oxygens (including phenoxy) is 1. The molecular formula is C17H14BrFO3S. The molecule has 0 aliphatic carbocycles.